The van der Waals surface area contributed by atoms with Crippen LogP contribution in [0.5, 0.6) is 5.75 Å². The second-order valence-corrected chi connectivity index (χ2v) is 5.69. The van der Waals surface area contributed by atoms with Gasteiger partial charge in [-0.3, -0.25) is 0 Å². The summed E-state index contributed by atoms with van der Waals surface area (Å²) in [5.41, 5.74) is 3.30. The van der Waals surface area contributed by atoms with Crippen molar-refractivity contribution in [2.45, 2.75) is 13.8 Å². The summed E-state index contributed by atoms with van der Waals surface area (Å²) in [6.45, 7) is 3.68. The smallest absolute Gasteiger partial charge is 0.269 e. The van der Waals surface area contributed by atoms with Crippen molar-refractivity contribution in [2.24, 2.45) is 0 Å². The summed E-state index contributed by atoms with van der Waals surface area (Å²) in [5, 5.41) is 14.1. The molecule has 4 nitrogen and oxygen atoms in total. The third kappa shape index (κ3) is 3.27. The fraction of sp³-hybridized carbons (Fsp3) is 0.111. The highest BCUT2D eigenvalue weighted by molar-refractivity contribution is 6.50. The van der Waals surface area contributed by atoms with E-state index < -0.39 is 0 Å². The van der Waals surface area contributed by atoms with Gasteiger partial charge in [0.25, 0.3) is 5.89 Å². The van der Waals surface area contributed by atoms with Crippen LogP contribution in [0.3, 0.4) is 0 Å². The summed E-state index contributed by atoms with van der Waals surface area (Å²) in [5.74, 6) is 1.04. The zero-order valence-electron chi connectivity index (χ0n) is 12.7. The first kappa shape index (κ1) is 15.3. The maximum absolute atomic E-state index is 9.82. The minimum Gasteiger partial charge on any atom is -0.507 e. The normalized spacial score (nSPS) is 11.7. The quantitative estimate of drug-likeness (QED) is 0.751. The van der Waals surface area contributed by atoms with Gasteiger partial charge < -0.3 is 9.63 Å². The molecule has 2 aromatic carbocycles. The molecule has 1 heterocycles. The maximum atomic E-state index is 9.82. The Morgan fingerprint density at radius 1 is 1.13 bits per heavy atom. The van der Waals surface area contributed by atoms with Crippen molar-refractivity contribution < 1.29 is 9.63 Å². The molecule has 0 radical (unpaired) electrons. The zero-order valence-corrected chi connectivity index (χ0v) is 13.5. The summed E-state index contributed by atoms with van der Waals surface area (Å²) < 4.78 is 5.23. The van der Waals surface area contributed by atoms with E-state index in [1.807, 2.05) is 56.3 Å². The van der Waals surface area contributed by atoms with Crippen molar-refractivity contribution in [3.05, 3.63) is 65.0 Å². The Labute approximate surface area is 139 Å². The maximum Gasteiger partial charge on any atom is 0.269 e. The predicted octanol–water partition coefficient (Wildman–Crippen LogP) is 4.80. The lowest BCUT2D eigenvalue weighted by atomic mass is 10.1. The lowest BCUT2D eigenvalue weighted by molar-refractivity contribution is 0.410. The number of rotatable bonds is 3. The molecule has 0 fully saturated rings. The van der Waals surface area contributed by atoms with Gasteiger partial charge in [0, 0.05) is 5.56 Å². The Morgan fingerprint density at radius 3 is 2.43 bits per heavy atom. The summed E-state index contributed by atoms with van der Waals surface area (Å²) in [4.78, 5) is 4.31. The molecule has 23 heavy (non-hydrogen) atoms. The van der Waals surface area contributed by atoms with Crippen LogP contribution >= 0.6 is 11.6 Å². The summed E-state index contributed by atoms with van der Waals surface area (Å²) in [6.07, 6.45) is 1.74. The molecule has 3 aromatic rings. The third-order valence-corrected chi connectivity index (χ3v) is 3.74. The van der Waals surface area contributed by atoms with Crippen molar-refractivity contribution in [2.75, 3.05) is 0 Å². The molecule has 3 rings (SSSR count). The van der Waals surface area contributed by atoms with E-state index in [4.69, 9.17) is 16.1 Å². The topological polar surface area (TPSA) is 59.2 Å². The van der Waals surface area contributed by atoms with Crippen LogP contribution in [0.25, 0.3) is 22.5 Å². The largest absolute Gasteiger partial charge is 0.507 e. The first-order chi connectivity index (χ1) is 11.0. The number of aromatic hydroxyl groups is 1. The van der Waals surface area contributed by atoms with E-state index in [9.17, 15) is 5.11 Å². The van der Waals surface area contributed by atoms with Gasteiger partial charge in [-0.25, -0.2) is 0 Å². The Hall–Kier alpha value is -2.59. The fourth-order valence-corrected chi connectivity index (χ4v) is 2.51. The van der Waals surface area contributed by atoms with Gasteiger partial charge in [0.1, 0.15) is 10.8 Å². The van der Waals surface area contributed by atoms with E-state index in [1.165, 1.54) is 0 Å². The van der Waals surface area contributed by atoms with E-state index in [0.29, 0.717) is 16.6 Å². The molecule has 0 bridgehead atoms. The lowest BCUT2D eigenvalue weighted by Gasteiger charge is -2.04. The van der Waals surface area contributed by atoms with Crippen LogP contribution in [-0.4, -0.2) is 15.2 Å². The highest BCUT2D eigenvalue weighted by Crippen LogP contribution is 2.27. The van der Waals surface area contributed by atoms with Gasteiger partial charge in [-0.05, 0) is 48.7 Å². The number of phenols is 1. The van der Waals surface area contributed by atoms with Crippen LogP contribution in [0, 0.1) is 13.8 Å². The molecule has 0 atom stereocenters. The Morgan fingerprint density at radius 2 is 1.78 bits per heavy atom. The zero-order chi connectivity index (χ0) is 16.4. The number of nitrogens with zero attached hydrogens (tertiary/aromatic N) is 2. The Balaban J connectivity index is 1.92. The summed E-state index contributed by atoms with van der Waals surface area (Å²) >= 11 is 6.29. The molecule has 0 spiro atoms. The average molecular weight is 327 g/mol. The van der Waals surface area contributed by atoms with Gasteiger partial charge >= 0.3 is 0 Å². The molecule has 0 aliphatic rings. The van der Waals surface area contributed by atoms with Crippen LogP contribution in [-0.2, 0) is 0 Å². The van der Waals surface area contributed by atoms with Gasteiger partial charge in [0.15, 0.2) is 0 Å². The Kier molecular flexibility index (Phi) is 4.17. The van der Waals surface area contributed by atoms with E-state index in [2.05, 4.69) is 10.1 Å². The Bertz CT molecular complexity index is 847. The molecule has 5 heteroatoms. The number of phenolic OH excluding ortho intramolecular Hbond substituents is 1. The highest BCUT2D eigenvalue weighted by Gasteiger charge is 2.12. The molecule has 116 valence electrons. The van der Waals surface area contributed by atoms with Crippen LogP contribution in [0.1, 0.15) is 22.6 Å². The number of hydrogen-bond donors (Lipinski definition) is 1. The minimum absolute atomic E-state index is 0.258. The van der Waals surface area contributed by atoms with Gasteiger partial charge in [0.2, 0.25) is 5.82 Å². The minimum atomic E-state index is 0.258. The fourth-order valence-electron chi connectivity index (χ4n) is 2.31. The van der Waals surface area contributed by atoms with Crippen molar-refractivity contribution in [1.82, 2.24) is 10.1 Å². The average Bonchev–Trinajstić information content (AvgIpc) is 3.03. The van der Waals surface area contributed by atoms with Gasteiger partial charge in [0.05, 0.1) is 0 Å². The molecule has 0 saturated heterocycles. The molecule has 1 N–H and O–H groups in total. The summed E-state index contributed by atoms with van der Waals surface area (Å²) in [6, 6.07) is 13.2. The van der Waals surface area contributed by atoms with E-state index in [1.54, 1.807) is 6.08 Å². The molecular formula is C18H15ClN2O2. The molecule has 0 saturated carbocycles. The molecule has 0 amide bonds. The van der Waals surface area contributed by atoms with Crippen LogP contribution in [0.4, 0.5) is 0 Å². The second-order valence-electron chi connectivity index (χ2n) is 5.28. The van der Waals surface area contributed by atoms with Crippen LogP contribution in [0.2, 0.25) is 0 Å². The van der Waals surface area contributed by atoms with Crippen molar-refractivity contribution >= 4 is 22.7 Å². The first-order valence-electron chi connectivity index (χ1n) is 7.11. The van der Waals surface area contributed by atoms with Gasteiger partial charge in [-0.2, -0.15) is 4.98 Å². The van der Waals surface area contributed by atoms with E-state index >= 15 is 0 Å². The predicted molar refractivity (Wildman–Crippen MR) is 91.0 cm³/mol. The molecule has 0 unspecified atom stereocenters. The lowest BCUT2D eigenvalue weighted by Crippen LogP contribution is -1.85. The van der Waals surface area contributed by atoms with Crippen molar-refractivity contribution in [3.8, 4) is 17.1 Å². The molecule has 0 aliphatic heterocycles. The number of halogens is 1. The van der Waals surface area contributed by atoms with Crippen LogP contribution in [0.15, 0.2) is 47.0 Å². The van der Waals surface area contributed by atoms with Gasteiger partial charge in [-0.15, -0.1) is 0 Å². The first-order valence-corrected chi connectivity index (χ1v) is 7.49. The molecule has 0 aliphatic carbocycles. The van der Waals surface area contributed by atoms with E-state index in [0.717, 1.165) is 22.3 Å². The number of hydrogen-bond acceptors (Lipinski definition) is 4. The second kappa shape index (κ2) is 6.26. The number of benzene rings is 2. The molecular weight excluding hydrogens is 312 g/mol. The number of aryl methyl sites for hydroxylation is 2. The number of aromatic nitrogens is 2. The standard InChI is InChI=1S/C18H15ClN2O2/c1-11-8-13(9-12(2)16(11)22)10-15(19)18-20-17(21-23-18)14-6-4-3-5-7-14/h3-10,22H,1-2H3/b15-10-. The SMILES string of the molecule is Cc1cc(/C=C(\Cl)c2nc(-c3ccccc3)no2)cc(C)c1O. The summed E-state index contributed by atoms with van der Waals surface area (Å²) in [7, 11) is 0. The third-order valence-electron chi connectivity index (χ3n) is 3.47. The van der Waals surface area contributed by atoms with Crippen molar-refractivity contribution in [1.29, 1.82) is 0 Å². The highest BCUT2D eigenvalue weighted by atomic mass is 35.5. The molecule has 1 aromatic heterocycles. The van der Waals surface area contributed by atoms with Crippen molar-refractivity contribution in [3.63, 3.8) is 0 Å². The monoisotopic (exact) mass is 326 g/mol. The van der Waals surface area contributed by atoms with E-state index in [-0.39, 0.29) is 5.89 Å². The van der Waals surface area contributed by atoms with Crippen LogP contribution < -0.4 is 0 Å². The van der Waals surface area contributed by atoms with Gasteiger partial charge in [-0.1, -0.05) is 47.1 Å².